The van der Waals surface area contributed by atoms with Crippen LogP contribution in [0.5, 0.6) is 0 Å². The van der Waals surface area contributed by atoms with Crippen molar-refractivity contribution in [3.63, 3.8) is 0 Å². The summed E-state index contributed by atoms with van der Waals surface area (Å²) in [5.74, 6) is -0.488. The van der Waals surface area contributed by atoms with E-state index >= 15 is 0 Å². The van der Waals surface area contributed by atoms with E-state index in [4.69, 9.17) is 0 Å². The Hall–Kier alpha value is -1.72. The number of benzene rings is 1. The van der Waals surface area contributed by atoms with Crippen molar-refractivity contribution in [1.29, 1.82) is 0 Å². The fraction of sp³-hybridized carbons (Fsp3) is 0.533. The molecule has 0 bridgehead atoms. The minimum Gasteiger partial charge on any atom is -0.385 e. The Morgan fingerprint density at radius 2 is 1.95 bits per heavy atom. The first-order valence-electron chi connectivity index (χ1n) is 7.05. The Morgan fingerprint density at radius 3 is 2.48 bits per heavy atom. The highest BCUT2D eigenvalue weighted by Gasteiger charge is 2.31. The fourth-order valence-electron chi connectivity index (χ4n) is 2.06. The van der Waals surface area contributed by atoms with Gasteiger partial charge in [-0.2, -0.15) is 13.2 Å². The molecule has 3 nitrogen and oxygen atoms in total. The van der Waals surface area contributed by atoms with Gasteiger partial charge in [-0.15, -0.1) is 0 Å². The van der Waals surface area contributed by atoms with Crippen molar-refractivity contribution in [1.82, 2.24) is 5.32 Å². The fourth-order valence-corrected chi connectivity index (χ4v) is 2.06. The lowest BCUT2D eigenvalue weighted by molar-refractivity contribution is -0.137. The molecule has 0 aromatic heterocycles. The molecule has 1 aromatic rings. The zero-order valence-corrected chi connectivity index (χ0v) is 12.5. The Balaban J connectivity index is 3.08. The van der Waals surface area contributed by atoms with Crippen LogP contribution in [0.15, 0.2) is 18.2 Å². The van der Waals surface area contributed by atoms with Crippen molar-refractivity contribution in [3.05, 3.63) is 29.3 Å². The zero-order chi connectivity index (χ0) is 16.0. The van der Waals surface area contributed by atoms with Crippen LogP contribution in [0.1, 0.15) is 49.5 Å². The standard InChI is InChI=1S/C15H21F3N2O/c1-4-6-10(3)20-14(21)12-9-11(15(16,17)18)7-8-13(12)19-5-2/h7-10,19H,4-6H2,1-3H3,(H,20,21). The number of carbonyl (C=O) groups is 1. The maximum Gasteiger partial charge on any atom is 0.416 e. The molecular weight excluding hydrogens is 281 g/mol. The summed E-state index contributed by atoms with van der Waals surface area (Å²) in [6.07, 6.45) is -2.79. The summed E-state index contributed by atoms with van der Waals surface area (Å²) in [5.41, 5.74) is -0.390. The number of nitrogens with one attached hydrogen (secondary N) is 2. The van der Waals surface area contributed by atoms with Gasteiger partial charge in [-0.05, 0) is 38.5 Å². The third-order valence-electron chi connectivity index (χ3n) is 3.06. The van der Waals surface area contributed by atoms with Crippen LogP contribution in [0, 0.1) is 0 Å². The first-order valence-corrected chi connectivity index (χ1v) is 7.05. The number of hydrogen-bond acceptors (Lipinski definition) is 2. The van der Waals surface area contributed by atoms with Gasteiger partial charge < -0.3 is 10.6 Å². The van der Waals surface area contributed by atoms with E-state index in [9.17, 15) is 18.0 Å². The van der Waals surface area contributed by atoms with Crippen LogP contribution in [-0.2, 0) is 6.18 Å². The van der Waals surface area contributed by atoms with Crippen LogP contribution in [0.2, 0.25) is 0 Å². The number of anilines is 1. The molecule has 0 aliphatic rings. The summed E-state index contributed by atoms with van der Waals surface area (Å²) in [5, 5.41) is 5.64. The number of carbonyl (C=O) groups excluding carboxylic acids is 1. The van der Waals surface area contributed by atoms with E-state index in [0.717, 1.165) is 25.0 Å². The van der Waals surface area contributed by atoms with Gasteiger partial charge >= 0.3 is 6.18 Å². The molecule has 0 spiro atoms. The lowest BCUT2D eigenvalue weighted by Crippen LogP contribution is -2.33. The molecule has 1 unspecified atom stereocenters. The molecule has 1 aromatic carbocycles. The highest BCUT2D eigenvalue weighted by Crippen LogP contribution is 2.31. The van der Waals surface area contributed by atoms with E-state index < -0.39 is 17.6 Å². The first-order chi connectivity index (χ1) is 9.79. The lowest BCUT2D eigenvalue weighted by atomic mass is 10.1. The van der Waals surface area contributed by atoms with Gasteiger partial charge in [-0.1, -0.05) is 13.3 Å². The average molecular weight is 302 g/mol. The van der Waals surface area contributed by atoms with Crippen molar-refractivity contribution >= 4 is 11.6 Å². The molecule has 0 fully saturated rings. The predicted molar refractivity (Wildman–Crippen MR) is 77.4 cm³/mol. The summed E-state index contributed by atoms with van der Waals surface area (Å²) < 4.78 is 38.3. The normalized spacial score (nSPS) is 12.9. The molecule has 2 N–H and O–H groups in total. The molecule has 118 valence electrons. The molecule has 0 saturated heterocycles. The zero-order valence-electron chi connectivity index (χ0n) is 12.5. The molecule has 21 heavy (non-hydrogen) atoms. The van der Waals surface area contributed by atoms with Crippen molar-refractivity contribution < 1.29 is 18.0 Å². The van der Waals surface area contributed by atoms with Crippen molar-refractivity contribution in [2.24, 2.45) is 0 Å². The number of alkyl halides is 3. The largest absolute Gasteiger partial charge is 0.416 e. The van der Waals surface area contributed by atoms with E-state index in [2.05, 4.69) is 10.6 Å². The molecule has 0 radical (unpaired) electrons. The molecule has 1 rings (SSSR count). The van der Waals surface area contributed by atoms with Gasteiger partial charge in [-0.3, -0.25) is 4.79 Å². The Morgan fingerprint density at radius 1 is 1.29 bits per heavy atom. The van der Waals surface area contributed by atoms with Gasteiger partial charge in [0.25, 0.3) is 5.91 Å². The molecule has 1 amide bonds. The number of amides is 1. The van der Waals surface area contributed by atoms with E-state index in [1.54, 1.807) is 0 Å². The molecule has 0 aliphatic carbocycles. The summed E-state index contributed by atoms with van der Waals surface area (Å²) in [4.78, 5) is 12.2. The van der Waals surface area contributed by atoms with Gasteiger partial charge in [0, 0.05) is 18.3 Å². The van der Waals surface area contributed by atoms with Crippen LogP contribution < -0.4 is 10.6 Å². The predicted octanol–water partition coefficient (Wildman–Crippen LogP) is 4.06. The number of rotatable bonds is 6. The van der Waals surface area contributed by atoms with Gasteiger partial charge in [0.1, 0.15) is 0 Å². The van der Waals surface area contributed by atoms with Crippen LogP contribution in [0.4, 0.5) is 18.9 Å². The molecule has 0 saturated carbocycles. The quantitative estimate of drug-likeness (QED) is 0.832. The van der Waals surface area contributed by atoms with Gasteiger partial charge in [-0.25, -0.2) is 0 Å². The first kappa shape index (κ1) is 17.3. The highest BCUT2D eigenvalue weighted by molar-refractivity contribution is 6.00. The molecular formula is C15H21F3N2O. The minimum atomic E-state index is -4.46. The highest BCUT2D eigenvalue weighted by atomic mass is 19.4. The van der Waals surface area contributed by atoms with Crippen molar-refractivity contribution in [3.8, 4) is 0 Å². The second-order valence-corrected chi connectivity index (χ2v) is 4.95. The molecule has 0 heterocycles. The van der Waals surface area contributed by atoms with Crippen LogP contribution in [0.25, 0.3) is 0 Å². The van der Waals surface area contributed by atoms with Crippen molar-refractivity contribution in [2.75, 3.05) is 11.9 Å². The number of hydrogen-bond donors (Lipinski definition) is 2. The summed E-state index contributed by atoms with van der Waals surface area (Å²) in [6.45, 7) is 6.16. The SMILES string of the molecule is CCCC(C)NC(=O)c1cc(C(F)(F)F)ccc1NCC. The smallest absolute Gasteiger partial charge is 0.385 e. The topological polar surface area (TPSA) is 41.1 Å². The molecule has 1 atom stereocenters. The van der Waals surface area contributed by atoms with E-state index in [0.29, 0.717) is 12.2 Å². The second kappa shape index (κ2) is 7.33. The lowest BCUT2D eigenvalue weighted by Gasteiger charge is -2.17. The summed E-state index contributed by atoms with van der Waals surface area (Å²) in [6, 6.07) is 3.09. The van der Waals surface area contributed by atoms with Gasteiger partial charge in [0.15, 0.2) is 0 Å². The Labute approximate surface area is 122 Å². The molecule has 0 aliphatic heterocycles. The van der Waals surface area contributed by atoms with Gasteiger partial charge in [0.05, 0.1) is 11.1 Å². The summed E-state index contributed by atoms with van der Waals surface area (Å²) >= 11 is 0. The van der Waals surface area contributed by atoms with E-state index in [-0.39, 0.29) is 11.6 Å². The second-order valence-electron chi connectivity index (χ2n) is 4.95. The third-order valence-corrected chi connectivity index (χ3v) is 3.06. The Kier molecular flexibility index (Phi) is 6.05. The van der Waals surface area contributed by atoms with Crippen LogP contribution in [-0.4, -0.2) is 18.5 Å². The third kappa shape index (κ3) is 4.95. The van der Waals surface area contributed by atoms with Gasteiger partial charge in [0.2, 0.25) is 0 Å². The van der Waals surface area contributed by atoms with Crippen LogP contribution in [0.3, 0.4) is 0 Å². The maximum absolute atomic E-state index is 12.8. The monoisotopic (exact) mass is 302 g/mol. The van der Waals surface area contributed by atoms with Crippen molar-refractivity contribution in [2.45, 2.75) is 45.8 Å². The van der Waals surface area contributed by atoms with E-state index in [1.807, 2.05) is 20.8 Å². The molecule has 6 heteroatoms. The van der Waals surface area contributed by atoms with E-state index in [1.165, 1.54) is 6.07 Å². The minimum absolute atomic E-state index is 0.0228. The maximum atomic E-state index is 12.8. The number of halogens is 3. The summed E-state index contributed by atoms with van der Waals surface area (Å²) in [7, 11) is 0. The Bertz CT molecular complexity index is 486. The average Bonchev–Trinajstić information content (AvgIpc) is 2.38. The van der Waals surface area contributed by atoms with Crippen LogP contribution >= 0.6 is 0 Å².